The zero-order valence-corrected chi connectivity index (χ0v) is 26.0. The number of methoxy groups -OCH3 is 3. The van der Waals surface area contributed by atoms with Crippen LogP contribution in [0.2, 0.25) is 0 Å². The molecule has 0 bridgehead atoms. The number of rotatable bonds is 9. The average molecular weight is 605 g/mol. The minimum Gasteiger partial charge on any atom is -0.497 e. The van der Waals surface area contributed by atoms with E-state index in [1.54, 1.807) is 33.1 Å². The number of aromatic nitrogens is 1. The third-order valence-electron chi connectivity index (χ3n) is 7.62. The van der Waals surface area contributed by atoms with Crippen molar-refractivity contribution in [3.05, 3.63) is 83.1 Å². The van der Waals surface area contributed by atoms with Gasteiger partial charge in [-0.1, -0.05) is 12.1 Å². The van der Waals surface area contributed by atoms with E-state index in [0.29, 0.717) is 13.2 Å². The number of hydrogen-bond donors (Lipinski definition) is 2. The Bertz CT molecular complexity index is 1600. The van der Waals surface area contributed by atoms with Gasteiger partial charge in [-0.25, -0.2) is 0 Å². The predicted molar refractivity (Wildman–Crippen MR) is 173 cm³/mol. The maximum absolute atomic E-state index is 11.8. The van der Waals surface area contributed by atoms with Gasteiger partial charge >= 0.3 is 0 Å². The van der Waals surface area contributed by atoms with E-state index in [0.717, 1.165) is 74.3 Å². The molecule has 1 atom stereocenters. The van der Waals surface area contributed by atoms with Crippen molar-refractivity contribution < 1.29 is 23.7 Å². The summed E-state index contributed by atoms with van der Waals surface area (Å²) in [6.45, 7) is 3.21. The van der Waals surface area contributed by atoms with Crippen molar-refractivity contribution in [1.29, 1.82) is 0 Å². The van der Waals surface area contributed by atoms with E-state index in [9.17, 15) is 4.79 Å². The van der Waals surface area contributed by atoms with E-state index in [2.05, 4.69) is 35.8 Å². The molecule has 7 nitrogen and oxygen atoms in total. The summed E-state index contributed by atoms with van der Waals surface area (Å²) in [5, 5.41) is 1.12. The van der Waals surface area contributed by atoms with Gasteiger partial charge in [0.15, 0.2) is 11.5 Å². The molecule has 1 N–H and O–H groups in total. The lowest BCUT2D eigenvalue weighted by Crippen LogP contribution is -2.35. The van der Waals surface area contributed by atoms with Crippen LogP contribution < -0.4 is 18.9 Å². The molecule has 6 rings (SSSR count). The molecule has 2 aliphatic rings. The number of carbonyl (C=O) groups excluding carboxylic acids is 1. The van der Waals surface area contributed by atoms with E-state index in [1.807, 2.05) is 54.4 Å². The summed E-state index contributed by atoms with van der Waals surface area (Å²) in [6.07, 6.45) is 6.90. The van der Waals surface area contributed by atoms with Crippen molar-refractivity contribution >= 4 is 46.6 Å². The Kier molecular flexibility index (Phi) is 9.59. The van der Waals surface area contributed by atoms with Crippen LogP contribution in [0.25, 0.3) is 15.8 Å². The molecule has 1 unspecified atom stereocenters. The molecule has 1 aliphatic carbocycles. The molecule has 0 saturated heterocycles. The van der Waals surface area contributed by atoms with Crippen molar-refractivity contribution in [2.75, 3.05) is 40.2 Å². The van der Waals surface area contributed by atoms with E-state index < -0.39 is 0 Å². The van der Waals surface area contributed by atoms with Gasteiger partial charge in [-0.15, -0.1) is 24.4 Å². The van der Waals surface area contributed by atoms with E-state index >= 15 is 0 Å². The maximum Gasteiger partial charge on any atom is 0.210 e. The van der Waals surface area contributed by atoms with Crippen LogP contribution in [0.4, 0.5) is 0 Å². The number of benzene rings is 3. The Morgan fingerprint density at radius 2 is 1.79 bits per heavy atom. The molecule has 1 amide bonds. The monoisotopic (exact) mass is 604 g/mol. The Balaban J connectivity index is 0.000000244. The third kappa shape index (κ3) is 6.22. The van der Waals surface area contributed by atoms with Crippen LogP contribution >= 0.6 is 24.4 Å². The van der Waals surface area contributed by atoms with Gasteiger partial charge in [0.25, 0.3) is 0 Å². The normalized spacial score (nSPS) is 15.2. The molecular formula is C33H36N2O5S2. The van der Waals surface area contributed by atoms with Crippen LogP contribution in [0.1, 0.15) is 35.2 Å². The second-order valence-electron chi connectivity index (χ2n) is 9.94. The fourth-order valence-corrected chi connectivity index (χ4v) is 6.85. The molecule has 0 saturated carbocycles. The number of aromatic amines is 1. The maximum atomic E-state index is 11.8. The number of allylic oxidation sites excluding steroid dienone is 1. The summed E-state index contributed by atoms with van der Waals surface area (Å²) in [5.41, 5.74) is 5.94. The quantitative estimate of drug-likeness (QED) is 0.122. The fourth-order valence-electron chi connectivity index (χ4n) is 5.37. The molecule has 0 fully saturated rings. The molecule has 0 radical (unpaired) electrons. The minimum atomic E-state index is -0.0306. The minimum absolute atomic E-state index is 0.0306. The van der Waals surface area contributed by atoms with Crippen molar-refractivity contribution in [3.63, 3.8) is 0 Å². The van der Waals surface area contributed by atoms with E-state index in [-0.39, 0.29) is 6.04 Å². The zero-order valence-electron chi connectivity index (χ0n) is 24.3. The van der Waals surface area contributed by atoms with Crippen LogP contribution in [0.5, 0.6) is 23.0 Å². The van der Waals surface area contributed by atoms with Gasteiger partial charge in [-0.05, 0) is 84.5 Å². The van der Waals surface area contributed by atoms with Gasteiger partial charge in [0.2, 0.25) is 6.41 Å². The number of H-pyrrole nitrogens is 1. The molecule has 0 spiro atoms. The highest BCUT2D eigenvalue weighted by Gasteiger charge is 2.29. The van der Waals surface area contributed by atoms with Gasteiger partial charge in [0, 0.05) is 39.2 Å². The van der Waals surface area contributed by atoms with Gasteiger partial charge in [0.05, 0.1) is 34.0 Å². The van der Waals surface area contributed by atoms with E-state index in [4.69, 9.17) is 18.9 Å². The van der Waals surface area contributed by atoms with Crippen molar-refractivity contribution in [1.82, 2.24) is 9.88 Å². The number of ether oxygens (including phenoxy) is 4. The number of amides is 1. The molecule has 4 aromatic rings. The molecule has 2 heterocycles. The number of thiol groups is 1. The summed E-state index contributed by atoms with van der Waals surface area (Å²) in [7, 11) is 5.01. The molecule has 1 aliphatic heterocycles. The van der Waals surface area contributed by atoms with Crippen LogP contribution in [-0.4, -0.2) is 56.5 Å². The highest BCUT2D eigenvalue weighted by Crippen LogP contribution is 2.41. The van der Waals surface area contributed by atoms with Crippen LogP contribution in [0.3, 0.4) is 0 Å². The SMILES string of the molecule is CCOc1cc2c(cc1OC)CCN(C=O)C2CSc1c[nH]c2ccc(OC)cc12.COc1ccc2c(c1)C(S)=CC2. The summed E-state index contributed by atoms with van der Waals surface area (Å²) in [4.78, 5) is 19.2. The number of nitrogens with zero attached hydrogens (tertiary/aromatic N) is 1. The Morgan fingerprint density at radius 3 is 2.52 bits per heavy atom. The number of fused-ring (bicyclic) bond motifs is 3. The molecule has 1 aromatic heterocycles. The Hall–Kier alpha value is -3.69. The lowest BCUT2D eigenvalue weighted by Gasteiger charge is -2.35. The average Bonchev–Trinajstić information content (AvgIpc) is 3.61. The first kappa shape index (κ1) is 29.8. The van der Waals surface area contributed by atoms with Gasteiger partial charge < -0.3 is 28.8 Å². The summed E-state index contributed by atoms with van der Waals surface area (Å²) in [6, 6.07) is 16.2. The number of hydrogen-bond acceptors (Lipinski definition) is 7. The number of nitrogens with one attached hydrogen (secondary N) is 1. The van der Waals surface area contributed by atoms with Crippen molar-refractivity contribution in [2.45, 2.75) is 30.7 Å². The first-order valence-corrected chi connectivity index (χ1v) is 15.3. The molecule has 42 heavy (non-hydrogen) atoms. The Morgan fingerprint density at radius 1 is 1.00 bits per heavy atom. The topological polar surface area (TPSA) is 73.0 Å². The fraction of sp³-hybridized carbons (Fsp3) is 0.303. The molecule has 3 aromatic carbocycles. The molecular weight excluding hydrogens is 569 g/mol. The molecule has 9 heteroatoms. The second-order valence-corrected chi connectivity index (χ2v) is 11.5. The highest BCUT2D eigenvalue weighted by molar-refractivity contribution is 7.99. The van der Waals surface area contributed by atoms with Crippen LogP contribution in [0, 0.1) is 0 Å². The second kappa shape index (κ2) is 13.5. The largest absolute Gasteiger partial charge is 0.497 e. The highest BCUT2D eigenvalue weighted by atomic mass is 32.2. The summed E-state index contributed by atoms with van der Waals surface area (Å²) >= 11 is 6.10. The smallest absolute Gasteiger partial charge is 0.210 e. The van der Waals surface area contributed by atoms with Crippen LogP contribution in [-0.2, 0) is 17.6 Å². The first-order valence-electron chi connectivity index (χ1n) is 13.9. The summed E-state index contributed by atoms with van der Waals surface area (Å²) < 4.78 is 21.8. The zero-order chi connectivity index (χ0) is 29.6. The number of thioether (sulfide) groups is 1. The van der Waals surface area contributed by atoms with Gasteiger partial charge in [-0.2, -0.15) is 0 Å². The summed E-state index contributed by atoms with van der Waals surface area (Å²) in [5.74, 6) is 3.93. The van der Waals surface area contributed by atoms with Crippen molar-refractivity contribution in [3.8, 4) is 23.0 Å². The van der Waals surface area contributed by atoms with Crippen molar-refractivity contribution in [2.24, 2.45) is 0 Å². The lowest BCUT2D eigenvalue weighted by molar-refractivity contribution is -0.120. The standard InChI is InChI=1S/C23H26N2O4S.C10H10OS/c1-4-29-22-11-17-15(9-21(22)28-3)7-8-25(14-26)20(17)13-30-23-12-24-19-6-5-16(27-2)10-18(19)23;1-11-8-4-2-7-3-5-10(12)9(7)6-8/h5-6,9-12,14,20,24H,4,7-8,13H2,1-3H3;2,4-6,12H,3H2,1H3. The van der Waals surface area contributed by atoms with E-state index in [1.165, 1.54) is 16.7 Å². The molecule has 220 valence electrons. The number of carbonyl (C=O) groups is 1. The Labute approximate surface area is 256 Å². The van der Waals surface area contributed by atoms with Gasteiger partial charge in [0.1, 0.15) is 11.5 Å². The van der Waals surface area contributed by atoms with Gasteiger partial charge in [-0.3, -0.25) is 4.79 Å². The lowest BCUT2D eigenvalue weighted by atomic mass is 9.93. The first-order chi connectivity index (χ1) is 20.5. The third-order valence-corrected chi connectivity index (χ3v) is 9.17. The van der Waals surface area contributed by atoms with Crippen LogP contribution in [0.15, 0.2) is 65.7 Å². The predicted octanol–water partition coefficient (Wildman–Crippen LogP) is 6.95.